The van der Waals surface area contributed by atoms with Crippen molar-refractivity contribution in [1.82, 2.24) is 15.6 Å². The lowest BCUT2D eigenvalue weighted by Crippen LogP contribution is -2.32. The first-order valence-electron chi connectivity index (χ1n) is 5.99. The van der Waals surface area contributed by atoms with Crippen LogP contribution in [0.3, 0.4) is 0 Å². The van der Waals surface area contributed by atoms with E-state index in [0.29, 0.717) is 13.2 Å². The second-order valence-corrected chi connectivity index (χ2v) is 4.33. The van der Waals surface area contributed by atoms with Crippen LogP contribution in [0.5, 0.6) is 0 Å². The zero-order valence-electron chi connectivity index (χ0n) is 11.1. The highest BCUT2D eigenvalue weighted by Crippen LogP contribution is 2.14. The van der Waals surface area contributed by atoms with Gasteiger partial charge in [-0.2, -0.15) is 0 Å². The fourth-order valence-corrected chi connectivity index (χ4v) is 1.56. The van der Waals surface area contributed by atoms with E-state index in [0.717, 1.165) is 0 Å². The van der Waals surface area contributed by atoms with Crippen molar-refractivity contribution in [3.05, 3.63) is 23.0 Å². The van der Waals surface area contributed by atoms with E-state index in [2.05, 4.69) is 15.6 Å². The first-order chi connectivity index (χ1) is 9.54. The van der Waals surface area contributed by atoms with Gasteiger partial charge in [-0.1, -0.05) is 11.6 Å². The minimum Gasteiger partial charge on any atom is -0.397 e. The highest BCUT2D eigenvalue weighted by Gasteiger charge is 2.11. The van der Waals surface area contributed by atoms with Crippen molar-refractivity contribution < 1.29 is 14.3 Å². The van der Waals surface area contributed by atoms with Crippen LogP contribution in [-0.4, -0.2) is 43.6 Å². The lowest BCUT2D eigenvalue weighted by atomic mass is 10.2. The topological polar surface area (TPSA) is 106 Å². The second kappa shape index (κ2) is 8.34. The molecular formula is C12H17ClN4O3. The molecule has 0 aliphatic heterocycles. The Balaban J connectivity index is 2.36. The first-order valence-corrected chi connectivity index (χ1v) is 6.37. The third-order valence-corrected chi connectivity index (χ3v) is 2.62. The van der Waals surface area contributed by atoms with E-state index in [1.54, 1.807) is 7.11 Å². The van der Waals surface area contributed by atoms with Crippen molar-refractivity contribution in [3.63, 3.8) is 0 Å². The van der Waals surface area contributed by atoms with Gasteiger partial charge >= 0.3 is 0 Å². The van der Waals surface area contributed by atoms with Crippen LogP contribution in [0.25, 0.3) is 0 Å². The maximum absolute atomic E-state index is 11.8. The highest BCUT2D eigenvalue weighted by molar-refractivity contribution is 6.29. The minimum atomic E-state index is -0.392. The van der Waals surface area contributed by atoms with Gasteiger partial charge in [-0.25, -0.2) is 4.98 Å². The molecule has 0 radical (unpaired) electrons. The average Bonchev–Trinajstić information content (AvgIpc) is 2.41. The van der Waals surface area contributed by atoms with Gasteiger partial charge in [-0.3, -0.25) is 9.59 Å². The van der Waals surface area contributed by atoms with E-state index >= 15 is 0 Å². The molecule has 1 aromatic rings. The smallest absolute Gasteiger partial charge is 0.253 e. The molecule has 0 aromatic carbocycles. The van der Waals surface area contributed by atoms with Crippen molar-refractivity contribution in [3.8, 4) is 0 Å². The molecule has 0 unspecified atom stereocenters. The molecular weight excluding hydrogens is 284 g/mol. The third-order valence-electron chi connectivity index (χ3n) is 2.41. The summed E-state index contributed by atoms with van der Waals surface area (Å²) in [6.07, 6.45) is 1.49. The van der Waals surface area contributed by atoms with Crippen molar-refractivity contribution in [2.75, 3.05) is 32.5 Å². The molecule has 0 spiro atoms. The normalized spacial score (nSPS) is 10.1. The Kier molecular flexibility index (Phi) is 6.75. The second-order valence-electron chi connectivity index (χ2n) is 3.94. The molecule has 0 saturated carbocycles. The molecule has 1 heterocycles. The van der Waals surface area contributed by atoms with Gasteiger partial charge in [0.15, 0.2) is 0 Å². The van der Waals surface area contributed by atoms with E-state index in [4.69, 9.17) is 22.1 Å². The van der Waals surface area contributed by atoms with Crippen LogP contribution in [-0.2, 0) is 9.53 Å². The number of hydrogen-bond acceptors (Lipinski definition) is 5. The number of nitrogen functional groups attached to an aromatic ring is 1. The Morgan fingerprint density at radius 2 is 2.15 bits per heavy atom. The van der Waals surface area contributed by atoms with Crippen molar-refractivity contribution in [1.29, 1.82) is 0 Å². The standard InChI is InChI=1S/C12H17ClN4O3/c1-20-5-4-15-11(18)2-3-16-12(19)8-6-10(13)17-7-9(8)14/h6-7H,2-5,14H2,1H3,(H,15,18)(H,16,19). The van der Waals surface area contributed by atoms with Crippen LogP contribution >= 0.6 is 11.6 Å². The summed E-state index contributed by atoms with van der Waals surface area (Å²) < 4.78 is 4.80. The number of nitrogens with two attached hydrogens (primary N) is 1. The molecule has 0 saturated heterocycles. The van der Waals surface area contributed by atoms with Crippen molar-refractivity contribution in [2.45, 2.75) is 6.42 Å². The molecule has 0 fully saturated rings. The molecule has 110 valence electrons. The SMILES string of the molecule is COCCNC(=O)CCNC(=O)c1cc(Cl)ncc1N. The van der Waals surface area contributed by atoms with Gasteiger partial charge in [0.05, 0.1) is 24.1 Å². The van der Waals surface area contributed by atoms with Crippen LogP contribution in [0.15, 0.2) is 12.3 Å². The Morgan fingerprint density at radius 3 is 2.85 bits per heavy atom. The number of anilines is 1. The molecule has 0 atom stereocenters. The summed E-state index contributed by atoms with van der Waals surface area (Å²) in [5.74, 6) is -0.556. The first kappa shape index (κ1) is 16.2. The van der Waals surface area contributed by atoms with Crippen LogP contribution < -0.4 is 16.4 Å². The number of ether oxygens (including phenoxy) is 1. The predicted octanol–water partition coefficient (Wildman–Crippen LogP) is 0.200. The Labute approximate surface area is 121 Å². The lowest BCUT2D eigenvalue weighted by Gasteiger charge is -2.08. The maximum atomic E-state index is 11.8. The summed E-state index contributed by atoms with van der Waals surface area (Å²) >= 11 is 5.69. The van der Waals surface area contributed by atoms with Crippen LogP contribution in [0.4, 0.5) is 5.69 Å². The van der Waals surface area contributed by atoms with E-state index in [9.17, 15) is 9.59 Å². The predicted molar refractivity (Wildman–Crippen MR) is 75.5 cm³/mol. The zero-order valence-corrected chi connectivity index (χ0v) is 11.9. The van der Waals surface area contributed by atoms with Crippen molar-refractivity contribution >= 4 is 29.1 Å². The van der Waals surface area contributed by atoms with Gasteiger partial charge in [0, 0.05) is 26.6 Å². The number of nitrogens with zero attached hydrogens (tertiary/aromatic N) is 1. The molecule has 0 aliphatic carbocycles. The van der Waals surface area contributed by atoms with E-state index in [1.165, 1.54) is 12.3 Å². The largest absolute Gasteiger partial charge is 0.397 e. The van der Waals surface area contributed by atoms with Gasteiger partial charge in [-0.05, 0) is 6.07 Å². The van der Waals surface area contributed by atoms with E-state index in [1.807, 2.05) is 0 Å². The number of aromatic nitrogens is 1. The molecule has 20 heavy (non-hydrogen) atoms. The van der Waals surface area contributed by atoms with E-state index < -0.39 is 5.91 Å². The number of methoxy groups -OCH3 is 1. The summed E-state index contributed by atoms with van der Waals surface area (Å²) in [5.41, 5.74) is 6.10. The number of hydrogen-bond donors (Lipinski definition) is 3. The molecule has 0 bridgehead atoms. The number of carbonyl (C=O) groups excluding carboxylic acids is 2. The zero-order chi connectivity index (χ0) is 15.0. The average molecular weight is 301 g/mol. The quantitative estimate of drug-likeness (QED) is 0.493. The third kappa shape index (κ3) is 5.41. The Hall–Kier alpha value is -1.86. The number of rotatable bonds is 7. The molecule has 4 N–H and O–H groups in total. The van der Waals surface area contributed by atoms with Gasteiger partial charge in [-0.15, -0.1) is 0 Å². The maximum Gasteiger partial charge on any atom is 0.253 e. The summed E-state index contributed by atoms with van der Waals surface area (Å²) in [4.78, 5) is 27.0. The van der Waals surface area contributed by atoms with Gasteiger partial charge in [0.2, 0.25) is 5.91 Å². The molecule has 7 nitrogen and oxygen atoms in total. The fourth-order valence-electron chi connectivity index (χ4n) is 1.40. The number of carbonyl (C=O) groups is 2. The summed E-state index contributed by atoms with van der Waals surface area (Å²) in [6, 6.07) is 1.38. The Morgan fingerprint density at radius 1 is 1.40 bits per heavy atom. The minimum absolute atomic E-state index is 0.164. The lowest BCUT2D eigenvalue weighted by molar-refractivity contribution is -0.121. The van der Waals surface area contributed by atoms with Crippen LogP contribution in [0, 0.1) is 0 Å². The van der Waals surface area contributed by atoms with Crippen molar-refractivity contribution in [2.24, 2.45) is 0 Å². The monoisotopic (exact) mass is 300 g/mol. The number of pyridine rings is 1. The molecule has 0 aliphatic rings. The molecule has 2 amide bonds. The summed E-state index contributed by atoms with van der Waals surface area (Å²) in [7, 11) is 1.55. The van der Waals surface area contributed by atoms with E-state index in [-0.39, 0.29) is 35.3 Å². The summed E-state index contributed by atoms with van der Waals surface area (Å²) in [5, 5.41) is 5.42. The van der Waals surface area contributed by atoms with Gasteiger partial charge in [0.1, 0.15) is 5.15 Å². The fraction of sp³-hybridized carbons (Fsp3) is 0.417. The molecule has 1 aromatic heterocycles. The van der Waals surface area contributed by atoms with Gasteiger partial charge in [0.25, 0.3) is 5.91 Å². The highest BCUT2D eigenvalue weighted by atomic mass is 35.5. The molecule has 8 heteroatoms. The number of amides is 2. The number of nitrogens with one attached hydrogen (secondary N) is 2. The summed E-state index contributed by atoms with van der Waals surface area (Å²) in [6.45, 7) is 1.09. The van der Waals surface area contributed by atoms with Crippen LogP contribution in [0.2, 0.25) is 5.15 Å². The Bertz CT molecular complexity index is 482. The van der Waals surface area contributed by atoms with Gasteiger partial charge < -0.3 is 21.1 Å². The number of halogens is 1. The molecule has 1 rings (SSSR count). The van der Waals surface area contributed by atoms with Crippen LogP contribution in [0.1, 0.15) is 16.8 Å².